The van der Waals surface area contributed by atoms with Crippen LogP contribution in [0.25, 0.3) is 11.1 Å². The molecule has 0 bridgehead atoms. The summed E-state index contributed by atoms with van der Waals surface area (Å²) in [5, 5.41) is 20.8. The maximum atomic E-state index is 12.1. The molecular formula is C21H24N2O4. The third kappa shape index (κ3) is 3.95. The summed E-state index contributed by atoms with van der Waals surface area (Å²) in [5.41, 5.74) is 4.57. The van der Waals surface area contributed by atoms with Gasteiger partial charge >= 0.3 is 6.09 Å². The van der Waals surface area contributed by atoms with Gasteiger partial charge in [-0.3, -0.25) is 4.79 Å². The molecule has 142 valence electrons. The van der Waals surface area contributed by atoms with E-state index in [9.17, 15) is 14.7 Å². The van der Waals surface area contributed by atoms with Crippen LogP contribution >= 0.6 is 0 Å². The third-order valence-corrected chi connectivity index (χ3v) is 5.00. The van der Waals surface area contributed by atoms with Crippen molar-refractivity contribution in [2.24, 2.45) is 0 Å². The van der Waals surface area contributed by atoms with Crippen molar-refractivity contribution in [2.45, 2.75) is 38.8 Å². The Balaban J connectivity index is 2.03. The van der Waals surface area contributed by atoms with E-state index < -0.39 is 6.09 Å². The Labute approximate surface area is 158 Å². The zero-order valence-electron chi connectivity index (χ0n) is 15.5. The number of aliphatic hydroxyl groups excluding tert-OH is 1. The molecule has 6 heteroatoms. The molecule has 0 aromatic heterocycles. The van der Waals surface area contributed by atoms with Crippen LogP contribution in [0.3, 0.4) is 0 Å². The van der Waals surface area contributed by atoms with Crippen molar-refractivity contribution in [3.63, 3.8) is 0 Å². The Bertz CT molecular complexity index is 848. The zero-order chi connectivity index (χ0) is 19.6. The van der Waals surface area contributed by atoms with Crippen LogP contribution in [0.4, 0.5) is 10.5 Å². The fourth-order valence-corrected chi connectivity index (χ4v) is 3.80. The van der Waals surface area contributed by atoms with Crippen LogP contribution in [0, 0.1) is 0 Å². The van der Waals surface area contributed by atoms with E-state index in [1.807, 2.05) is 49.4 Å². The summed E-state index contributed by atoms with van der Waals surface area (Å²) in [4.78, 5) is 25.1. The lowest BCUT2D eigenvalue weighted by Crippen LogP contribution is -2.45. The lowest BCUT2D eigenvalue weighted by Gasteiger charge is -2.39. The number of amides is 2. The summed E-state index contributed by atoms with van der Waals surface area (Å²) in [6.45, 7) is 3.56. The van der Waals surface area contributed by atoms with Gasteiger partial charge in [-0.1, -0.05) is 30.3 Å². The lowest BCUT2D eigenvalue weighted by atomic mass is 9.89. The molecule has 1 aliphatic rings. The number of hydrogen-bond donors (Lipinski definition) is 3. The number of fused-ring (bicyclic) bond motifs is 1. The molecule has 0 radical (unpaired) electrons. The first-order valence-electron chi connectivity index (χ1n) is 9.04. The number of aliphatic hydroxyl groups is 1. The number of anilines is 1. The van der Waals surface area contributed by atoms with Crippen molar-refractivity contribution in [3.05, 3.63) is 53.6 Å². The second-order valence-electron chi connectivity index (χ2n) is 6.92. The maximum absolute atomic E-state index is 12.1. The molecule has 0 saturated carbocycles. The lowest BCUT2D eigenvalue weighted by molar-refractivity contribution is -0.117. The van der Waals surface area contributed by atoms with Gasteiger partial charge in [-0.15, -0.1) is 0 Å². The van der Waals surface area contributed by atoms with Crippen molar-refractivity contribution in [3.8, 4) is 11.1 Å². The Morgan fingerprint density at radius 1 is 1.15 bits per heavy atom. The van der Waals surface area contributed by atoms with Crippen molar-refractivity contribution >= 4 is 17.7 Å². The monoisotopic (exact) mass is 368 g/mol. The van der Waals surface area contributed by atoms with Gasteiger partial charge in [0.15, 0.2) is 0 Å². The molecule has 0 saturated heterocycles. The Morgan fingerprint density at radius 3 is 2.41 bits per heavy atom. The van der Waals surface area contributed by atoms with Gasteiger partial charge in [0, 0.05) is 25.3 Å². The van der Waals surface area contributed by atoms with E-state index in [2.05, 4.69) is 5.32 Å². The molecule has 2 atom stereocenters. The van der Waals surface area contributed by atoms with E-state index in [1.54, 1.807) is 4.90 Å². The summed E-state index contributed by atoms with van der Waals surface area (Å²) >= 11 is 0. The van der Waals surface area contributed by atoms with E-state index in [0.29, 0.717) is 12.8 Å². The molecule has 3 N–H and O–H groups in total. The van der Waals surface area contributed by atoms with E-state index in [1.165, 1.54) is 6.92 Å². The highest BCUT2D eigenvalue weighted by Crippen LogP contribution is 2.39. The van der Waals surface area contributed by atoms with Gasteiger partial charge in [-0.25, -0.2) is 4.79 Å². The van der Waals surface area contributed by atoms with E-state index >= 15 is 0 Å². The molecule has 2 aromatic rings. The normalized spacial score (nSPS) is 18.7. The summed E-state index contributed by atoms with van der Waals surface area (Å²) in [5.74, 6) is -0.0568. The summed E-state index contributed by atoms with van der Waals surface area (Å²) in [7, 11) is 0. The third-order valence-electron chi connectivity index (χ3n) is 5.00. The first-order chi connectivity index (χ1) is 12.9. The predicted molar refractivity (Wildman–Crippen MR) is 104 cm³/mol. The number of carboxylic acid groups (broad SMARTS) is 1. The van der Waals surface area contributed by atoms with Crippen LogP contribution in [0.15, 0.2) is 42.5 Å². The molecule has 2 amide bonds. The van der Waals surface area contributed by atoms with E-state index in [-0.39, 0.29) is 24.6 Å². The molecule has 0 fully saturated rings. The first-order valence-corrected chi connectivity index (χ1v) is 9.04. The standard InChI is InChI=1S/C21H24N2O4/c1-13-11-19(22-21(26)27)18-12-17(7-8-20(18)23(13)14(2)25)16-5-3-15(4-6-16)9-10-24/h3-8,12-13,19,22,24H,9-11H2,1-2H3,(H,26,27)/t13-,19+/m0/s1. The van der Waals surface area contributed by atoms with Gasteiger partial charge in [0.1, 0.15) is 0 Å². The molecule has 0 spiro atoms. The number of nitrogens with zero attached hydrogens (tertiary/aromatic N) is 1. The van der Waals surface area contributed by atoms with Crippen molar-refractivity contribution in [1.29, 1.82) is 0 Å². The fraction of sp³-hybridized carbons (Fsp3) is 0.333. The number of rotatable bonds is 4. The fourth-order valence-electron chi connectivity index (χ4n) is 3.80. The van der Waals surface area contributed by atoms with Gasteiger partial charge in [0.25, 0.3) is 0 Å². The van der Waals surface area contributed by atoms with E-state index in [4.69, 9.17) is 5.11 Å². The Kier molecular flexibility index (Phi) is 5.46. The second kappa shape index (κ2) is 7.80. The maximum Gasteiger partial charge on any atom is 0.405 e. The topological polar surface area (TPSA) is 89.9 Å². The van der Waals surface area contributed by atoms with Crippen LogP contribution in [0.2, 0.25) is 0 Å². The van der Waals surface area contributed by atoms with Crippen molar-refractivity contribution in [2.75, 3.05) is 11.5 Å². The molecule has 3 rings (SSSR count). The number of hydrogen-bond acceptors (Lipinski definition) is 3. The highest BCUT2D eigenvalue weighted by Gasteiger charge is 2.33. The molecule has 0 aliphatic carbocycles. The van der Waals surface area contributed by atoms with Gasteiger partial charge in [0.05, 0.1) is 6.04 Å². The number of carbonyl (C=O) groups excluding carboxylic acids is 1. The van der Waals surface area contributed by atoms with Crippen molar-refractivity contribution in [1.82, 2.24) is 5.32 Å². The largest absolute Gasteiger partial charge is 0.465 e. The number of benzene rings is 2. The minimum Gasteiger partial charge on any atom is -0.465 e. The second-order valence-corrected chi connectivity index (χ2v) is 6.92. The van der Waals surface area contributed by atoms with E-state index in [0.717, 1.165) is 27.9 Å². The highest BCUT2D eigenvalue weighted by atomic mass is 16.4. The van der Waals surface area contributed by atoms with Crippen LogP contribution in [-0.4, -0.2) is 34.9 Å². The van der Waals surface area contributed by atoms with Gasteiger partial charge in [0.2, 0.25) is 5.91 Å². The minimum atomic E-state index is -1.08. The molecular weight excluding hydrogens is 344 g/mol. The molecule has 27 heavy (non-hydrogen) atoms. The highest BCUT2D eigenvalue weighted by molar-refractivity contribution is 5.94. The molecule has 1 heterocycles. The quantitative estimate of drug-likeness (QED) is 0.772. The molecule has 1 aliphatic heterocycles. The van der Waals surface area contributed by atoms with Gasteiger partial charge < -0.3 is 20.4 Å². The SMILES string of the molecule is CC(=O)N1c2ccc(-c3ccc(CCO)cc3)cc2[C@H](NC(=O)O)C[C@@H]1C. The van der Waals surface area contributed by atoms with Gasteiger partial charge in [-0.2, -0.15) is 0 Å². The summed E-state index contributed by atoms with van der Waals surface area (Å²) < 4.78 is 0. The first kappa shape index (κ1) is 18.9. The number of nitrogens with one attached hydrogen (secondary N) is 1. The Morgan fingerprint density at radius 2 is 1.81 bits per heavy atom. The summed E-state index contributed by atoms with van der Waals surface area (Å²) in [6, 6.07) is 13.3. The average molecular weight is 368 g/mol. The minimum absolute atomic E-state index is 0.0568. The predicted octanol–water partition coefficient (Wildman–Crippen LogP) is 3.34. The Hall–Kier alpha value is -2.86. The van der Waals surface area contributed by atoms with Crippen molar-refractivity contribution < 1.29 is 19.8 Å². The van der Waals surface area contributed by atoms with Crippen LogP contribution < -0.4 is 10.2 Å². The van der Waals surface area contributed by atoms with Crippen LogP contribution in [0.1, 0.15) is 37.4 Å². The molecule has 0 unspecified atom stereocenters. The summed E-state index contributed by atoms with van der Waals surface area (Å²) in [6.07, 6.45) is 0.0615. The molecule has 6 nitrogen and oxygen atoms in total. The van der Waals surface area contributed by atoms with Gasteiger partial charge in [-0.05, 0) is 54.2 Å². The van der Waals surface area contributed by atoms with Crippen LogP contribution in [0.5, 0.6) is 0 Å². The average Bonchev–Trinajstić information content (AvgIpc) is 2.61. The molecule has 2 aromatic carbocycles. The zero-order valence-corrected chi connectivity index (χ0v) is 15.5. The number of carbonyl (C=O) groups is 2. The van der Waals surface area contributed by atoms with Crippen LogP contribution in [-0.2, 0) is 11.2 Å². The smallest absolute Gasteiger partial charge is 0.405 e.